The lowest BCUT2D eigenvalue weighted by atomic mass is 10.0. The fraction of sp³-hybridized carbons (Fsp3) is 0.803. The molecule has 0 heterocycles. The molecule has 0 bridgehead atoms. The van der Waals surface area contributed by atoms with Gasteiger partial charge in [-0.15, -0.1) is 0 Å². The van der Waals surface area contributed by atoms with Gasteiger partial charge in [0.2, 0.25) is 0 Å². The zero-order chi connectivity index (χ0) is 54.8. The molecule has 5 nitrogen and oxygen atoms in total. The van der Waals surface area contributed by atoms with Gasteiger partial charge >= 0.3 is 11.9 Å². The molecule has 1 N–H and O–H groups in total. The largest absolute Gasteiger partial charge is 0.462 e. The number of aliphatic hydroxyl groups is 1. The zero-order valence-corrected chi connectivity index (χ0v) is 50.8. The monoisotopic (exact) mass is 1060 g/mol. The van der Waals surface area contributed by atoms with Crippen molar-refractivity contribution in [2.75, 3.05) is 13.2 Å². The van der Waals surface area contributed by atoms with Crippen LogP contribution in [0.1, 0.15) is 348 Å². The first-order valence-corrected chi connectivity index (χ1v) is 33.5. The topological polar surface area (TPSA) is 72.8 Å². The van der Waals surface area contributed by atoms with Gasteiger partial charge in [-0.05, 0) is 83.5 Å². The third-order valence-electron chi connectivity index (χ3n) is 15.0. The summed E-state index contributed by atoms with van der Waals surface area (Å²) in [6.45, 7) is 4.05. The summed E-state index contributed by atoms with van der Waals surface area (Å²) in [5.41, 5.74) is 0. The molecule has 0 aliphatic rings. The number of aliphatic hydroxyl groups excluding tert-OH is 1. The Bertz CT molecular complexity index is 1340. The Labute approximate surface area is 473 Å². The second kappa shape index (κ2) is 66.6. The molecule has 0 aromatic heterocycles. The van der Waals surface area contributed by atoms with Crippen molar-refractivity contribution in [3.05, 3.63) is 72.9 Å². The molecule has 0 aliphatic heterocycles. The lowest BCUT2D eigenvalue weighted by molar-refractivity contribution is -0.161. The van der Waals surface area contributed by atoms with E-state index in [-0.39, 0.29) is 25.2 Å². The minimum Gasteiger partial charge on any atom is -0.462 e. The van der Waals surface area contributed by atoms with Crippen LogP contribution in [0.3, 0.4) is 0 Å². The van der Waals surface area contributed by atoms with Gasteiger partial charge in [0.15, 0.2) is 6.10 Å². The number of allylic oxidation sites excluding steroid dienone is 12. The van der Waals surface area contributed by atoms with Crippen LogP contribution in [0, 0.1) is 0 Å². The van der Waals surface area contributed by atoms with Gasteiger partial charge in [-0.3, -0.25) is 9.59 Å². The van der Waals surface area contributed by atoms with Gasteiger partial charge in [0.25, 0.3) is 0 Å². The average Bonchev–Trinajstić information content (AvgIpc) is 3.42. The third-order valence-corrected chi connectivity index (χ3v) is 15.0. The number of carbonyl (C=O) groups excluding carboxylic acids is 2. The summed E-state index contributed by atoms with van der Waals surface area (Å²) >= 11 is 0. The molecular weight excluding hydrogens is 933 g/mol. The van der Waals surface area contributed by atoms with E-state index in [0.29, 0.717) is 12.8 Å². The number of carbonyl (C=O) groups is 2. The van der Waals surface area contributed by atoms with Crippen molar-refractivity contribution in [2.45, 2.75) is 354 Å². The van der Waals surface area contributed by atoms with Crippen LogP contribution in [0.2, 0.25) is 0 Å². The first-order valence-electron chi connectivity index (χ1n) is 33.5. The first kappa shape index (κ1) is 73.3. The maximum absolute atomic E-state index is 12.3. The second-order valence-electron chi connectivity index (χ2n) is 22.5. The number of rotatable bonds is 62. The Kier molecular flexibility index (Phi) is 64.3. The van der Waals surface area contributed by atoms with Crippen LogP contribution in [0.25, 0.3) is 0 Å². The highest BCUT2D eigenvalue weighted by molar-refractivity contribution is 5.70. The SMILES string of the molecule is CC/C=C\C/C=C\C/C=C\C/C=C\CCCCCCCCCCC(=O)OC(CO)COC(=O)CCCCCCCCCCCCCCCCCCCCCCCCCCCCCCC/C=C\C/C=C\CCCCCCC. The number of unbranched alkanes of at least 4 members (excludes halogenated alkanes) is 42. The molecule has 0 rings (SSSR count). The predicted molar refractivity (Wildman–Crippen MR) is 334 cm³/mol. The Hall–Kier alpha value is -2.66. The summed E-state index contributed by atoms with van der Waals surface area (Å²) in [6.07, 6.45) is 92.2. The normalized spacial score (nSPS) is 12.6. The van der Waals surface area contributed by atoms with Crippen molar-refractivity contribution in [1.82, 2.24) is 0 Å². The van der Waals surface area contributed by atoms with Crippen LogP contribution in [0.4, 0.5) is 0 Å². The van der Waals surface area contributed by atoms with Crippen molar-refractivity contribution in [1.29, 1.82) is 0 Å². The third kappa shape index (κ3) is 63.9. The summed E-state index contributed by atoms with van der Waals surface area (Å²) in [5, 5.41) is 9.67. The van der Waals surface area contributed by atoms with Crippen LogP contribution < -0.4 is 0 Å². The van der Waals surface area contributed by atoms with Crippen LogP contribution in [-0.2, 0) is 19.1 Å². The van der Waals surface area contributed by atoms with E-state index in [4.69, 9.17) is 9.47 Å². The second-order valence-corrected chi connectivity index (χ2v) is 22.5. The maximum atomic E-state index is 12.3. The molecule has 0 fully saturated rings. The summed E-state index contributed by atoms with van der Waals surface area (Å²) < 4.78 is 10.7. The fourth-order valence-corrected chi connectivity index (χ4v) is 9.99. The van der Waals surface area contributed by atoms with Gasteiger partial charge < -0.3 is 14.6 Å². The lowest BCUT2D eigenvalue weighted by Gasteiger charge is -2.15. The Morgan fingerprint density at radius 3 is 0.855 bits per heavy atom. The average molecular weight is 1060 g/mol. The van der Waals surface area contributed by atoms with Gasteiger partial charge in [-0.2, -0.15) is 0 Å². The summed E-state index contributed by atoms with van der Waals surface area (Å²) in [7, 11) is 0. The molecule has 0 aliphatic carbocycles. The highest BCUT2D eigenvalue weighted by Gasteiger charge is 2.16. The molecule has 0 saturated heterocycles. The van der Waals surface area contributed by atoms with Gasteiger partial charge in [0.1, 0.15) is 6.61 Å². The van der Waals surface area contributed by atoms with Gasteiger partial charge in [0, 0.05) is 12.8 Å². The van der Waals surface area contributed by atoms with E-state index in [1.165, 1.54) is 244 Å². The molecule has 76 heavy (non-hydrogen) atoms. The van der Waals surface area contributed by atoms with Gasteiger partial charge in [-0.1, -0.05) is 324 Å². The van der Waals surface area contributed by atoms with E-state index < -0.39 is 6.10 Å². The number of hydrogen-bond acceptors (Lipinski definition) is 5. The summed E-state index contributed by atoms with van der Waals surface area (Å²) in [4.78, 5) is 24.6. The first-order chi connectivity index (χ1) is 37.6. The van der Waals surface area contributed by atoms with Gasteiger partial charge in [0.05, 0.1) is 6.61 Å². The number of hydrogen-bond donors (Lipinski definition) is 1. The molecule has 0 radical (unpaired) electrons. The smallest absolute Gasteiger partial charge is 0.306 e. The predicted octanol–water partition coefficient (Wildman–Crippen LogP) is 23.1. The standard InChI is InChI=1S/C71H128O5/c1-3-5-7-9-11-13-15-17-19-21-23-25-26-27-28-29-30-31-32-33-34-35-36-37-38-39-40-41-42-43-44-46-47-49-51-53-55-57-59-61-63-65-70(73)75-68-69(67-72)76-71(74)66-64-62-60-58-56-54-52-50-48-45-24-22-20-18-16-14-12-10-8-6-4-2/h6,8,12,14-15,17-18,20-21,23-24,45,69,72H,3-5,7,9-11,13,16,19,22,25-44,46-68H2,1-2H3/b8-6-,14-12-,17-15-,20-18-,23-21-,45-24-. The van der Waals surface area contributed by atoms with Crippen LogP contribution >= 0.6 is 0 Å². The fourth-order valence-electron chi connectivity index (χ4n) is 9.99. The number of esters is 2. The molecular formula is C71H128O5. The Morgan fingerprint density at radius 2 is 0.566 bits per heavy atom. The van der Waals surface area contributed by atoms with Crippen LogP contribution in [0.15, 0.2) is 72.9 Å². The molecule has 0 aromatic carbocycles. The van der Waals surface area contributed by atoms with Crippen molar-refractivity contribution < 1.29 is 24.2 Å². The maximum Gasteiger partial charge on any atom is 0.306 e. The molecule has 442 valence electrons. The van der Waals surface area contributed by atoms with E-state index >= 15 is 0 Å². The molecule has 0 saturated carbocycles. The number of ether oxygens (including phenoxy) is 2. The van der Waals surface area contributed by atoms with E-state index in [9.17, 15) is 14.7 Å². The minimum atomic E-state index is -0.779. The quantitative estimate of drug-likeness (QED) is 0.0373. The molecule has 0 aromatic rings. The zero-order valence-electron chi connectivity index (χ0n) is 50.8. The van der Waals surface area contributed by atoms with Crippen LogP contribution in [-0.4, -0.2) is 36.4 Å². The van der Waals surface area contributed by atoms with E-state index in [2.05, 4.69) is 86.8 Å². The highest BCUT2D eigenvalue weighted by atomic mass is 16.6. The Balaban J connectivity index is 3.38. The van der Waals surface area contributed by atoms with Crippen molar-refractivity contribution in [3.8, 4) is 0 Å². The molecule has 0 spiro atoms. The van der Waals surface area contributed by atoms with Crippen molar-refractivity contribution in [2.24, 2.45) is 0 Å². The van der Waals surface area contributed by atoms with Crippen molar-refractivity contribution >= 4 is 11.9 Å². The lowest BCUT2D eigenvalue weighted by Crippen LogP contribution is -2.28. The molecule has 0 amide bonds. The van der Waals surface area contributed by atoms with Gasteiger partial charge in [-0.25, -0.2) is 0 Å². The summed E-state index contributed by atoms with van der Waals surface area (Å²) in [6, 6.07) is 0. The molecule has 1 atom stereocenters. The Morgan fingerprint density at radius 1 is 0.316 bits per heavy atom. The highest BCUT2D eigenvalue weighted by Crippen LogP contribution is 2.18. The molecule has 5 heteroatoms. The van der Waals surface area contributed by atoms with Crippen molar-refractivity contribution in [3.63, 3.8) is 0 Å². The van der Waals surface area contributed by atoms with E-state index in [0.717, 1.165) is 77.0 Å². The van der Waals surface area contributed by atoms with E-state index in [1.54, 1.807) is 0 Å². The van der Waals surface area contributed by atoms with Crippen LogP contribution in [0.5, 0.6) is 0 Å². The van der Waals surface area contributed by atoms with E-state index in [1.807, 2.05) is 0 Å². The summed E-state index contributed by atoms with van der Waals surface area (Å²) in [5.74, 6) is -0.587. The molecule has 1 unspecified atom stereocenters. The minimum absolute atomic E-state index is 0.0678.